The Hall–Kier alpha value is -2.85. The van der Waals surface area contributed by atoms with Crippen LogP contribution < -0.4 is 14.5 Å². The number of nitrogens with zero attached hydrogens (tertiary/aromatic N) is 3. The zero-order valence-electron chi connectivity index (χ0n) is 20.7. The molecule has 1 saturated heterocycles. The zero-order chi connectivity index (χ0) is 24.9. The van der Waals surface area contributed by atoms with Crippen molar-refractivity contribution in [2.45, 2.75) is 45.8 Å². The highest BCUT2D eigenvalue weighted by atomic mass is 16.6. The van der Waals surface area contributed by atoms with Gasteiger partial charge in [-0.2, -0.15) is 0 Å². The third kappa shape index (κ3) is 6.18. The van der Waals surface area contributed by atoms with Gasteiger partial charge in [-0.1, -0.05) is 0 Å². The van der Waals surface area contributed by atoms with Crippen molar-refractivity contribution in [1.82, 2.24) is 4.90 Å². The Morgan fingerprint density at radius 1 is 1.26 bits per heavy atom. The molecule has 1 aromatic carbocycles. The number of hydrogen-bond donors (Lipinski definition) is 0. The first-order valence-electron chi connectivity index (χ1n) is 11.6. The van der Waals surface area contributed by atoms with Gasteiger partial charge in [0.05, 0.1) is 18.8 Å². The number of methoxy groups -OCH3 is 1. The fraction of sp³-hybridized carbons (Fsp3) is 0.625. The van der Waals surface area contributed by atoms with Crippen LogP contribution in [0.15, 0.2) is 18.2 Å². The SMILES string of the molecule is CCN(C(=O)C1CN(C(=O)OC(C)(C)C)CCO1)c1ccc2c(c1)N(CCCOC)C(=O)CO2. The topological polar surface area (TPSA) is 97.9 Å². The van der Waals surface area contributed by atoms with E-state index in [1.54, 1.807) is 55.9 Å². The number of likely N-dealkylation sites (N-methyl/N-ethyl adjacent to an activating group) is 1. The summed E-state index contributed by atoms with van der Waals surface area (Å²) in [6.07, 6.45) is -0.598. The first-order valence-corrected chi connectivity index (χ1v) is 11.6. The van der Waals surface area contributed by atoms with Gasteiger partial charge in [0, 0.05) is 39.0 Å². The normalized spacial score (nSPS) is 18.3. The van der Waals surface area contributed by atoms with Gasteiger partial charge in [-0.3, -0.25) is 9.59 Å². The minimum atomic E-state index is -0.812. The molecule has 1 atom stereocenters. The molecule has 3 rings (SSSR count). The highest BCUT2D eigenvalue weighted by molar-refractivity contribution is 6.01. The Bertz CT molecular complexity index is 899. The Balaban J connectivity index is 1.77. The summed E-state index contributed by atoms with van der Waals surface area (Å²) in [5, 5.41) is 0. The molecule has 0 aliphatic carbocycles. The standard InChI is InChI=1S/C24H35N3O7/c1-6-26(22(29)20-15-25(11-13-32-20)23(30)34-24(2,3)4)17-8-9-19-18(14-17)27(10-7-12-31-5)21(28)16-33-19/h8-9,14,20H,6-7,10-13,15-16H2,1-5H3. The van der Waals surface area contributed by atoms with Crippen molar-refractivity contribution in [2.75, 3.05) is 62.9 Å². The van der Waals surface area contributed by atoms with E-state index in [1.807, 2.05) is 6.92 Å². The Kier molecular flexibility index (Phi) is 8.37. The fourth-order valence-corrected chi connectivity index (χ4v) is 3.90. The van der Waals surface area contributed by atoms with Gasteiger partial charge < -0.3 is 33.6 Å². The molecule has 34 heavy (non-hydrogen) atoms. The van der Waals surface area contributed by atoms with Gasteiger partial charge in [-0.05, 0) is 52.3 Å². The van der Waals surface area contributed by atoms with Crippen molar-refractivity contribution in [3.05, 3.63) is 18.2 Å². The average molecular weight is 478 g/mol. The van der Waals surface area contributed by atoms with Gasteiger partial charge in [0.15, 0.2) is 12.7 Å². The predicted octanol–water partition coefficient (Wildman–Crippen LogP) is 2.44. The van der Waals surface area contributed by atoms with Crippen molar-refractivity contribution in [1.29, 1.82) is 0 Å². The summed E-state index contributed by atoms with van der Waals surface area (Å²) >= 11 is 0. The summed E-state index contributed by atoms with van der Waals surface area (Å²) < 4.78 is 21.9. The summed E-state index contributed by atoms with van der Waals surface area (Å²) in [6.45, 7) is 9.38. The second kappa shape index (κ2) is 11.1. The molecule has 10 nitrogen and oxygen atoms in total. The number of ether oxygens (including phenoxy) is 4. The van der Waals surface area contributed by atoms with Crippen LogP contribution >= 0.6 is 0 Å². The van der Waals surface area contributed by atoms with E-state index in [4.69, 9.17) is 18.9 Å². The van der Waals surface area contributed by atoms with Crippen LogP contribution in [0.1, 0.15) is 34.1 Å². The molecule has 3 amide bonds. The number of benzene rings is 1. The Morgan fingerprint density at radius 3 is 2.71 bits per heavy atom. The molecule has 0 saturated carbocycles. The second-order valence-electron chi connectivity index (χ2n) is 9.20. The lowest BCUT2D eigenvalue weighted by Crippen LogP contribution is -2.53. The molecular weight excluding hydrogens is 442 g/mol. The number of morpholine rings is 1. The largest absolute Gasteiger partial charge is 0.482 e. The van der Waals surface area contributed by atoms with E-state index >= 15 is 0 Å². The van der Waals surface area contributed by atoms with Gasteiger partial charge >= 0.3 is 6.09 Å². The fourth-order valence-electron chi connectivity index (χ4n) is 3.90. The van der Waals surface area contributed by atoms with Crippen LogP contribution in [0, 0.1) is 0 Å². The lowest BCUT2D eigenvalue weighted by Gasteiger charge is -2.36. The average Bonchev–Trinajstić information content (AvgIpc) is 2.80. The maximum atomic E-state index is 13.4. The number of carbonyl (C=O) groups is 3. The van der Waals surface area contributed by atoms with Crippen LogP contribution in [0.5, 0.6) is 5.75 Å². The Morgan fingerprint density at radius 2 is 2.03 bits per heavy atom. The Labute approximate surface area is 200 Å². The predicted molar refractivity (Wildman–Crippen MR) is 126 cm³/mol. The van der Waals surface area contributed by atoms with Crippen LogP contribution in [-0.4, -0.2) is 87.6 Å². The van der Waals surface area contributed by atoms with E-state index < -0.39 is 17.8 Å². The smallest absolute Gasteiger partial charge is 0.410 e. The van der Waals surface area contributed by atoms with Crippen molar-refractivity contribution in [2.24, 2.45) is 0 Å². The second-order valence-corrected chi connectivity index (χ2v) is 9.20. The van der Waals surface area contributed by atoms with Crippen molar-refractivity contribution in [3.8, 4) is 5.75 Å². The molecule has 188 valence electrons. The summed E-state index contributed by atoms with van der Waals surface area (Å²) in [4.78, 5) is 43.1. The van der Waals surface area contributed by atoms with Crippen molar-refractivity contribution >= 4 is 29.3 Å². The van der Waals surface area contributed by atoms with Crippen LogP contribution in [-0.2, 0) is 23.8 Å². The lowest BCUT2D eigenvalue weighted by molar-refractivity contribution is -0.135. The van der Waals surface area contributed by atoms with Crippen LogP contribution in [0.4, 0.5) is 16.2 Å². The molecule has 1 aromatic rings. The van der Waals surface area contributed by atoms with E-state index in [2.05, 4.69) is 0 Å². The number of hydrogen-bond acceptors (Lipinski definition) is 7. The van der Waals surface area contributed by atoms with Crippen molar-refractivity contribution in [3.63, 3.8) is 0 Å². The van der Waals surface area contributed by atoms with Gasteiger partial charge in [0.1, 0.15) is 11.4 Å². The van der Waals surface area contributed by atoms with Gasteiger partial charge in [-0.15, -0.1) is 0 Å². The number of fused-ring (bicyclic) bond motifs is 1. The number of rotatable bonds is 7. The van der Waals surface area contributed by atoms with E-state index in [9.17, 15) is 14.4 Å². The number of anilines is 2. The summed E-state index contributed by atoms with van der Waals surface area (Å²) in [6, 6.07) is 5.35. The van der Waals surface area contributed by atoms with Gasteiger partial charge in [-0.25, -0.2) is 4.79 Å². The monoisotopic (exact) mass is 477 g/mol. The summed E-state index contributed by atoms with van der Waals surface area (Å²) in [5.41, 5.74) is 0.623. The van der Waals surface area contributed by atoms with E-state index in [-0.39, 0.29) is 31.6 Å². The highest BCUT2D eigenvalue weighted by Gasteiger charge is 2.35. The molecule has 2 aliphatic heterocycles. The maximum Gasteiger partial charge on any atom is 0.410 e. The molecule has 0 radical (unpaired) electrons. The minimum Gasteiger partial charge on any atom is -0.482 e. The highest BCUT2D eigenvalue weighted by Crippen LogP contribution is 2.36. The first-order chi connectivity index (χ1) is 16.1. The molecule has 0 aromatic heterocycles. The minimum absolute atomic E-state index is 0.0217. The third-order valence-corrected chi connectivity index (χ3v) is 5.50. The van der Waals surface area contributed by atoms with Crippen molar-refractivity contribution < 1.29 is 33.3 Å². The quantitative estimate of drug-likeness (QED) is 0.557. The van der Waals surface area contributed by atoms with Gasteiger partial charge in [0.2, 0.25) is 0 Å². The summed E-state index contributed by atoms with van der Waals surface area (Å²) in [7, 11) is 1.62. The van der Waals surface area contributed by atoms with E-state index in [1.165, 1.54) is 4.90 Å². The molecule has 0 N–H and O–H groups in total. The molecule has 2 aliphatic rings. The van der Waals surface area contributed by atoms with Gasteiger partial charge in [0.25, 0.3) is 11.8 Å². The molecule has 0 bridgehead atoms. The summed E-state index contributed by atoms with van der Waals surface area (Å²) in [5.74, 6) is 0.192. The lowest BCUT2D eigenvalue weighted by atomic mass is 10.1. The molecule has 10 heteroatoms. The molecule has 0 spiro atoms. The maximum absolute atomic E-state index is 13.4. The zero-order valence-corrected chi connectivity index (χ0v) is 20.7. The first kappa shape index (κ1) is 25.8. The van der Waals surface area contributed by atoms with E-state index in [0.717, 1.165) is 0 Å². The molecule has 2 heterocycles. The number of amides is 3. The third-order valence-electron chi connectivity index (χ3n) is 5.50. The molecule has 1 unspecified atom stereocenters. The van der Waals surface area contributed by atoms with E-state index in [0.29, 0.717) is 49.8 Å². The molecule has 1 fully saturated rings. The van der Waals surface area contributed by atoms with Crippen LogP contribution in [0.25, 0.3) is 0 Å². The number of carbonyl (C=O) groups excluding carboxylic acids is 3. The van der Waals surface area contributed by atoms with Crippen LogP contribution in [0.2, 0.25) is 0 Å². The molecular formula is C24H35N3O7. The van der Waals surface area contributed by atoms with Crippen LogP contribution in [0.3, 0.4) is 0 Å².